The maximum atomic E-state index is 13.1. The molecule has 4 rings (SSSR count). The third-order valence-corrected chi connectivity index (χ3v) is 5.66. The molecular weight excluding hydrogens is 384 g/mol. The molecule has 2 aliphatic heterocycles. The molecule has 2 aliphatic rings. The monoisotopic (exact) mass is 410 g/mol. The lowest BCUT2D eigenvalue weighted by Crippen LogP contribution is -2.39. The summed E-state index contributed by atoms with van der Waals surface area (Å²) < 4.78 is 10.6. The molecule has 3 heterocycles. The summed E-state index contributed by atoms with van der Waals surface area (Å²) in [5, 5.41) is 10.6. The maximum Gasteiger partial charge on any atom is 0.290 e. The third kappa shape index (κ3) is 4.04. The van der Waals surface area contributed by atoms with Gasteiger partial charge in [-0.25, -0.2) is 0 Å². The minimum Gasteiger partial charge on any atom is -0.503 e. The second-order valence-electron chi connectivity index (χ2n) is 7.69. The number of ketones is 1. The Morgan fingerprint density at radius 3 is 2.53 bits per heavy atom. The molecule has 1 atom stereocenters. The maximum absolute atomic E-state index is 13.1. The number of carbonyl (C=O) groups excluding carboxylic acids is 2. The lowest BCUT2D eigenvalue weighted by atomic mass is 9.94. The van der Waals surface area contributed by atoms with Crippen LogP contribution in [0, 0.1) is 6.92 Å². The Labute approximate surface area is 175 Å². The Morgan fingerprint density at radius 1 is 1.13 bits per heavy atom. The first-order chi connectivity index (χ1) is 14.6. The zero-order valence-electron chi connectivity index (χ0n) is 17.0. The van der Waals surface area contributed by atoms with E-state index in [0.717, 1.165) is 50.4 Å². The number of aliphatic hydroxyl groups excluding tert-OH is 1. The molecule has 1 N–H and O–H groups in total. The number of amides is 1. The molecule has 30 heavy (non-hydrogen) atoms. The van der Waals surface area contributed by atoms with Crippen molar-refractivity contribution in [3.63, 3.8) is 0 Å². The van der Waals surface area contributed by atoms with Crippen LogP contribution in [0.4, 0.5) is 0 Å². The molecule has 7 heteroatoms. The summed E-state index contributed by atoms with van der Waals surface area (Å²) in [6.45, 7) is 6.44. The molecule has 0 saturated carbocycles. The molecule has 2 aromatic rings. The predicted octanol–water partition coefficient (Wildman–Crippen LogP) is 2.89. The molecule has 0 unspecified atom stereocenters. The lowest BCUT2D eigenvalue weighted by Gasteiger charge is -2.30. The minimum absolute atomic E-state index is 0.0742. The molecule has 0 aliphatic carbocycles. The van der Waals surface area contributed by atoms with Crippen molar-refractivity contribution in [2.45, 2.75) is 19.4 Å². The van der Waals surface area contributed by atoms with Crippen LogP contribution in [-0.4, -0.2) is 66.0 Å². The number of furan rings is 1. The molecule has 158 valence electrons. The Bertz CT molecular complexity index is 927. The van der Waals surface area contributed by atoms with Crippen molar-refractivity contribution < 1.29 is 23.8 Å². The van der Waals surface area contributed by atoms with Crippen LogP contribution in [0.25, 0.3) is 0 Å². The molecule has 1 saturated heterocycles. The minimum atomic E-state index is -0.639. The van der Waals surface area contributed by atoms with Gasteiger partial charge in [-0.05, 0) is 31.0 Å². The molecule has 1 fully saturated rings. The van der Waals surface area contributed by atoms with Gasteiger partial charge in [0.15, 0.2) is 11.5 Å². The Balaban J connectivity index is 1.59. The zero-order valence-corrected chi connectivity index (χ0v) is 17.0. The standard InChI is InChI=1S/C23H26N2O5/c1-16-5-7-17(8-6-16)20-19(21(26)18-4-2-13-30-18)22(27)23(28)25(20)10-3-9-24-11-14-29-15-12-24/h2,4-8,13,20,27H,3,9-12,14-15H2,1H3/t20-/m1/s1. The van der Waals surface area contributed by atoms with Crippen molar-refractivity contribution in [1.29, 1.82) is 0 Å². The SMILES string of the molecule is Cc1ccc([C@@H]2C(C(=O)c3ccco3)=C(O)C(=O)N2CCCN2CCOCC2)cc1. The highest BCUT2D eigenvalue weighted by Gasteiger charge is 2.44. The van der Waals surface area contributed by atoms with Gasteiger partial charge in [-0.1, -0.05) is 29.8 Å². The smallest absolute Gasteiger partial charge is 0.290 e. The van der Waals surface area contributed by atoms with Crippen molar-refractivity contribution in [2.75, 3.05) is 39.4 Å². The molecule has 0 bridgehead atoms. The summed E-state index contributed by atoms with van der Waals surface area (Å²) >= 11 is 0. The lowest BCUT2D eigenvalue weighted by molar-refractivity contribution is -0.129. The number of benzene rings is 1. The molecule has 0 spiro atoms. The number of aliphatic hydroxyl groups is 1. The predicted molar refractivity (Wildman–Crippen MR) is 110 cm³/mol. The largest absolute Gasteiger partial charge is 0.503 e. The number of morpholine rings is 1. The molecule has 1 aromatic carbocycles. The van der Waals surface area contributed by atoms with E-state index in [2.05, 4.69) is 4.90 Å². The van der Waals surface area contributed by atoms with Crippen LogP contribution in [0.3, 0.4) is 0 Å². The average molecular weight is 410 g/mol. The van der Waals surface area contributed by atoms with E-state index in [4.69, 9.17) is 9.15 Å². The number of Topliss-reactive ketones (excluding diaryl/α,β-unsaturated/α-hetero) is 1. The first kappa shape index (κ1) is 20.4. The van der Waals surface area contributed by atoms with Gasteiger partial charge in [-0.3, -0.25) is 14.5 Å². The Kier molecular flexibility index (Phi) is 6.01. The van der Waals surface area contributed by atoms with E-state index < -0.39 is 23.5 Å². The van der Waals surface area contributed by atoms with Gasteiger partial charge in [-0.2, -0.15) is 0 Å². The Hall–Kier alpha value is -2.90. The fourth-order valence-electron chi connectivity index (χ4n) is 4.04. The number of ether oxygens (including phenoxy) is 1. The van der Waals surface area contributed by atoms with Gasteiger partial charge in [-0.15, -0.1) is 0 Å². The van der Waals surface area contributed by atoms with E-state index >= 15 is 0 Å². The van der Waals surface area contributed by atoms with Crippen LogP contribution in [0.1, 0.15) is 34.1 Å². The molecular formula is C23H26N2O5. The molecule has 7 nitrogen and oxygen atoms in total. The van der Waals surface area contributed by atoms with E-state index in [0.29, 0.717) is 6.54 Å². The van der Waals surface area contributed by atoms with Crippen LogP contribution < -0.4 is 0 Å². The fraction of sp³-hybridized carbons (Fsp3) is 0.391. The van der Waals surface area contributed by atoms with Crippen molar-refractivity contribution in [3.8, 4) is 0 Å². The molecule has 1 aromatic heterocycles. The number of rotatable bonds is 7. The van der Waals surface area contributed by atoms with Crippen molar-refractivity contribution in [1.82, 2.24) is 9.80 Å². The van der Waals surface area contributed by atoms with Crippen LogP contribution in [-0.2, 0) is 9.53 Å². The van der Waals surface area contributed by atoms with Crippen LogP contribution in [0.5, 0.6) is 0 Å². The number of nitrogens with zero attached hydrogens (tertiary/aromatic N) is 2. The second kappa shape index (κ2) is 8.85. The molecule has 1 amide bonds. The summed E-state index contributed by atoms with van der Waals surface area (Å²) in [6, 6.07) is 10.2. The van der Waals surface area contributed by atoms with Gasteiger partial charge >= 0.3 is 0 Å². The van der Waals surface area contributed by atoms with Gasteiger partial charge in [0.05, 0.1) is 31.1 Å². The van der Waals surface area contributed by atoms with Crippen LogP contribution in [0.15, 0.2) is 58.4 Å². The summed E-state index contributed by atoms with van der Waals surface area (Å²) in [7, 11) is 0. The van der Waals surface area contributed by atoms with Crippen LogP contribution in [0.2, 0.25) is 0 Å². The van der Waals surface area contributed by atoms with Gasteiger partial charge in [0, 0.05) is 26.2 Å². The summed E-state index contributed by atoms with van der Waals surface area (Å²) in [5.74, 6) is -1.37. The normalized spacial score (nSPS) is 20.2. The summed E-state index contributed by atoms with van der Waals surface area (Å²) in [4.78, 5) is 29.9. The number of hydrogen-bond donors (Lipinski definition) is 1. The van der Waals surface area contributed by atoms with Gasteiger partial charge < -0.3 is 19.2 Å². The van der Waals surface area contributed by atoms with E-state index in [1.54, 1.807) is 17.0 Å². The number of carbonyl (C=O) groups is 2. The number of hydrogen-bond acceptors (Lipinski definition) is 6. The first-order valence-corrected chi connectivity index (χ1v) is 10.2. The summed E-state index contributed by atoms with van der Waals surface area (Å²) in [6.07, 6.45) is 2.15. The average Bonchev–Trinajstić information content (AvgIpc) is 3.38. The highest BCUT2D eigenvalue weighted by atomic mass is 16.5. The van der Waals surface area contributed by atoms with E-state index in [1.165, 1.54) is 6.26 Å². The van der Waals surface area contributed by atoms with Gasteiger partial charge in [0.2, 0.25) is 5.78 Å². The number of aryl methyl sites for hydroxylation is 1. The Morgan fingerprint density at radius 2 is 1.87 bits per heavy atom. The zero-order chi connectivity index (χ0) is 21.1. The van der Waals surface area contributed by atoms with Crippen molar-refractivity contribution >= 4 is 11.7 Å². The third-order valence-electron chi connectivity index (χ3n) is 5.66. The fourth-order valence-corrected chi connectivity index (χ4v) is 4.04. The van der Waals surface area contributed by atoms with Gasteiger partial charge in [0.1, 0.15) is 0 Å². The van der Waals surface area contributed by atoms with Gasteiger partial charge in [0.25, 0.3) is 5.91 Å². The topological polar surface area (TPSA) is 83.2 Å². The van der Waals surface area contributed by atoms with E-state index in [9.17, 15) is 14.7 Å². The first-order valence-electron chi connectivity index (χ1n) is 10.2. The van der Waals surface area contributed by atoms with Crippen molar-refractivity contribution in [2.24, 2.45) is 0 Å². The van der Waals surface area contributed by atoms with E-state index in [-0.39, 0.29) is 11.3 Å². The molecule has 0 radical (unpaired) electrons. The van der Waals surface area contributed by atoms with E-state index in [1.807, 2.05) is 31.2 Å². The quantitative estimate of drug-likeness (QED) is 0.707. The van der Waals surface area contributed by atoms with Crippen molar-refractivity contribution in [3.05, 3.63) is 70.9 Å². The highest BCUT2D eigenvalue weighted by Crippen LogP contribution is 2.39. The summed E-state index contributed by atoms with van der Waals surface area (Å²) in [5.41, 5.74) is 1.94. The second-order valence-corrected chi connectivity index (χ2v) is 7.69. The highest BCUT2D eigenvalue weighted by molar-refractivity contribution is 6.15. The van der Waals surface area contributed by atoms with Crippen LogP contribution >= 0.6 is 0 Å².